The van der Waals surface area contributed by atoms with Crippen molar-refractivity contribution >= 4 is 16.7 Å². The standard InChI is InChI=1S/C20H24O9/c1-9(19(25)26)12-5-3-10-7-11(28-2)4-6-13(10)15(12)20(27)18(24)17(23)16(22)14(8-21)29-20/h3-7,9,14,16-18,21-24,27H,8H2,1-2H3,(H,25,26)/t9?,14-,16-,17+,18-,20?/m1/s1. The monoisotopic (exact) mass is 408 g/mol. The van der Waals surface area contributed by atoms with Crippen molar-refractivity contribution < 1.29 is 44.9 Å². The van der Waals surface area contributed by atoms with Gasteiger partial charge >= 0.3 is 5.97 Å². The SMILES string of the molecule is COc1ccc2c(C3(O)O[C@H](CO)[C@@H](O)[C@H](O)[C@H]3O)c(C(C)C(=O)O)ccc2c1. The molecule has 1 saturated heterocycles. The minimum absolute atomic E-state index is 0.0653. The highest BCUT2D eigenvalue weighted by atomic mass is 16.7. The number of fused-ring (bicyclic) bond motifs is 1. The lowest BCUT2D eigenvalue weighted by Crippen LogP contribution is -2.63. The van der Waals surface area contributed by atoms with Gasteiger partial charge in [0.2, 0.25) is 5.79 Å². The van der Waals surface area contributed by atoms with E-state index in [2.05, 4.69) is 0 Å². The summed E-state index contributed by atoms with van der Waals surface area (Å²) in [6.07, 6.45) is -6.90. The third-order valence-corrected chi connectivity index (χ3v) is 5.42. The lowest BCUT2D eigenvalue weighted by molar-refractivity contribution is -0.357. The second-order valence-electron chi connectivity index (χ2n) is 7.14. The number of ether oxygens (including phenoxy) is 2. The first-order valence-electron chi connectivity index (χ1n) is 9.04. The van der Waals surface area contributed by atoms with Crippen LogP contribution >= 0.6 is 0 Å². The predicted octanol–water partition coefficient (Wildman–Crippen LogP) is -0.345. The Kier molecular flexibility index (Phi) is 5.81. The Labute approximate surface area is 166 Å². The first-order chi connectivity index (χ1) is 13.7. The largest absolute Gasteiger partial charge is 0.497 e. The molecule has 0 radical (unpaired) electrons. The summed E-state index contributed by atoms with van der Waals surface area (Å²) >= 11 is 0. The summed E-state index contributed by atoms with van der Waals surface area (Å²) in [4.78, 5) is 11.7. The molecule has 2 unspecified atom stereocenters. The van der Waals surface area contributed by atoms with Crippen molar-refractivity contribution in [1.82, 2.24) is 0 Å². The molecule has 6 atom stereocenters. The van der Waals surface area contributed by atoms with Gasteiger partial charge in [0.15, 0.2) is 0 Å². The molecule has 0 amide bonds. The Bertz CT molecular complexity index is 912. The molecule has 0 bridgehead atoms. The maximum Gasteiger partial charge on any atom is 0.310 e. The van der Waals surface area contributed by atoms with Gasteiger partial charge in [-0.15, -0.1) is 0 Å². The Morgan fingerprint density at radius 2 is 1.90 bits per heavy atom. The highest BCUT2D eigenvalue weighted by Crippen LogP contribution is 2.43. The molecule has 1 aliphatic rings. The summed E-state index contributed by atoms with van der Waals surface area (Å²) in [7, 11) is 1.48. The van der Waals surface area contributed by atoms with Crippen LogP contribution in [0.15, 0.2) is 30.3 Å². The molecular weight excluding hydrogens is 384 g/mol. The summed E-state index contributed by atoms with van der Waals surface area (Å²) in [6.45, 7) is 0.666. The molecule has 0 aromatic heterocycles. The minimum Gasteiger partial charge on any atom is -0.497 e. The second kappa shape index (κ2) is 7.86. The molecular formula is C20H24O9. The lowest BCUT2D eigenvalue weighted by Gasteiger charge is -2.46. The van der Waals surface area contributed by atoms with Gasteiger partial charge in [0.25, 0.3) is 0 Å². The van der Waals surface area contributed by atoms with Gasteiger partial charge in [0.05, 0.1) is 19.6 Å². The van der Waals surface area contributed by atoms with Gasteiger partial charge in [-0.2, -0.15) is 0 Å². The van der Waals surface area contributed by atoms with E-state index in [0.29, 0.717) is 16.5 Å². The number of aliphatic hydroxyl groups excluding tert-OH is 4. The Hall–Kier alpha value is -2.27. The van der Waals surface area contributed by atoms with E-state index in [-0.39, 0.29) is 11.1 Å². The predicted molar refractivity (Wildman–Crippen MR) is 100 cm³/mol. The summed E-state index contributed by atoms with van der Waals surface area (Å²) in [5.74, 6) is -4.33. The number of hydrogen-bond donors (Lipinski definition) is 6. The van der Waals surface area contributed by atoms with E-state index in [1.54, 1.807) is 24.3 Å². The third kappa shape index (κ3) is 3.46. The first kappa shape index (κ1) is 21.4. The second-order valence-corrected chi connectivity index (χ2v) is 7.14. The van der Waals surface area contributed by atoms with Crippen LogP contribution in [-0.4, -0.2) is 74.7 Å². The van der Waals surface area contributed by atoms with E-state index in [4.69, 9.17) is 9.47 Å². The van der Waals surface area contributed by atoms with Crippen molar-refractivity contribution in [3.63, 3.8) is 0 Å². The number of aliphatic carboxylic acids is 1. The van der Waals surface area contributed by atoms with Gasteiger partial charge in [0.1, 0.15) is 30.2 Å². The molecule has 9 nitrogen and oxygen atoms in total. The number of rotatable bonds is 5. The van der Waals surface area contributed by atoms with E-state index < -0.39 is 48.7 Å². The van der Waals surface area contributed by atoms with E-state index >= 15 is 0 Å². The van der Waals surface area contributed by atoms with Crippen molar-refractivity contribution in [3.05, 3.63) is 41.5 Å². The van der Waals surface area contributed by atoms with Gasteiger partial charge in [-0.05, 0) is 35.4 Å². The van der Waals surface area contributed by atoms with Crippen LogP contribution in [0.2, 0.25) is 0 Å². The van der Waals surface area contributed by atoms with E-state index in [1.165, 1.54) is 20.1 Å². The van der Waals surface area contributed by atoms with Gasteiger partial charge in [-0.25, -0.2) is 0 Å². The van der Waals surface area contributed by atoms with Crippen LogP contribution in [0.3, 0.4) is 0 Å². The minimum atomic E-state index is -2.58. The third-order valence-electron chi connectivity index (χ3n) is 5.42. The van der Waals surface area contributed by atoms with Crippen LogP contribution in [-0.2, 0) is 15.3 Å². The summed E-state index contributed by atoms with van der Waals surface area (Å²) < 4.78 is 10.7. The van der Waals surface area contributed by atoms with Crippen LogP contribution in [0.5, 0.6) is 5.75 Å². The average molecular weight is 408 g/mol. The molecule has 3 rings (SSSR count). The molecule has 2 aromatic carbocycles. The molecule has 9 heteroatoms. The fraction of sp³-hybridized carbons (Fsp3) is 0.450. The Morgan fingerprint density at radius 3 is 2.48 bits per heavy atom. The fourth-order valence-corrected chi connectivity index (χ4v) is 3.71. The molecule has 0 aliphatic carbocycles. The number of benzene rings is 2. The topological polar surface area (TPSA) is 157 Å². The van der Waals surface area contributed by atoms with E-state index in [0.717, 1.165) is 0 Å². The van der Waals surface area contributed by atoms with Crippen LogP contribution in [0, 0.1) is 0 Å². The van der Waals surface area contributed by atoms with Crippen molar-refractivity contribution in [3.8, 4) is 5.75 Å². The van der Waals surface area contributed by atoms with Crippen molar-refractivity contribution in [2.75, 3.05) is 13.7 Å². The molecule has 29 heavy (non-hydrogen) atoms. The molecule has 1 heterocycles. The van der Waals surface area contributed by atoms with Gasteiger partial charge in [-0.3, -0.25) is 4.79 Å². The zero-order valence-corrected chi connectivity index (χ0v) is 15.9. The van der Waals surface area contributed by atoms with Crippen LogP contribution < -0.4 is 4.74 Å². The van der Waals surface area contributed by atoms with E-state index in [9.17, 15) is 35.4 Å². The molecule has 2 aromatic rings. The smallest absolute Gasteiger partial charge is 0.310 e. The van der Waals surface area contributed by atoms with Gasteiger partial charge < -0.3 is 40.1 Å². The molecule has 1 aliphatic heterocycles. The molecule has 0 saturated carbocycles. The average Bonchev–Trinajstić information content (AvgIpc) is 2.72. The number of carboxylic acid groups (broad SMARTS) is 1. The number of hydrogen-bond acceptors (Lipinski definition) is 8. The molecule has 158 valence electrons. The summed E-state index contributed by atoms with van der Waals surface area (Å²) in [6, 6.07) is 7.94. The summed E-state index contributed by atoms with van der Waals surface area (Å²) in [5.41, 5.74) is 0.0847. The zero-order chi connectivity index (χ0) is 21.5. The highest BCUT2D eigenvalue weighted by molar-refractivity contribution is 5.90. The Morgan fingerprint density at radius 1 is 1.21 bits per heavy atom. The maximum atomic E-state index is 11.7. The Balaban J connectivity index is 2.32. The quantitative estimate of drug-likeness (QED) is 0.389. The number of methoxy groups -OCH3 is 1. The molecule has 0 spiro atoms. The van der Waals surface area contributed by atoms with Crippen molar-refractivity contribution in [2.45, 2.75) is 43.0 Å². The lowest BCUT2D eigenvalue weighted by atomic mass is 9.81. The van der Waals surface area contributed by atoms with Crippen LogP contribution in [0.25, 0.3) is 10.8 Å². The fourth-order valence-electron chi connectivity index (χ4n) is 3.71. The van der Waals surface area contributed by atoms with Crippen LogP contribution in [0.4, 0.5) is 0 Å². The van der Waals surface area contributed by atoms with Gasteiger partial charge in [0, 0.05) is 5.56 Å². The zero-order valence-electron chi connectivity index (χ0n) is 15.9. The number of carbonyl (C=O) groups is 1. The maximum absolute atomic E-state index is 11.7. The van der Waals surface area contributed by atoms with E-state index in [1.807, 2.05) is 0 Å². The van der Waals surface area contributed by atoms with Crippen molar-refractivity contribution in [2.24, 2.45) is 0 Å². The summed E-state index contributed by atoms with van der Waals surface area (Å²) in [5, 5.41) is 62.2. The van der Waals surface area contributed by atoms with Gasteiger partial charge in [-0.1, -0.05) is 18.2 Å². The van der Waals surface area contributed by atoms with Crippen molar-refractivity contribution in [1.29, 1.82) is 0 Å². The molecule has 6 N–H and O–H groups in total. The molecule has 1 fully saturated rings. The normalized spacial score (nSPS) is 30.9. The number of aliphatic hydroxyl groups is 5. The van der Waals surface area contributed by atoms with Crippen LogP contribution in [0.1, 0.15) is 24.0 Å². The number of carboxylic acids is 1. The first-order valence-corrected chi connectivity index (χ1v) is 9.04. The highest BCUT2D eigenvalue weighted by Gasteiger charge is 2.55.